The molecule has 0 aromatic rings. The molecule has 1 amide bonds. The molecule has 2 N–H and O–H groups in total. The van der Waals surface area contributed by atoms with Crippen molar-refractivity contribution < 1.29 is 9.53 Å². The van der Waals surface area contributed by atoms with Gasteiger partial charge in [0.2, 0.25) is 5.91 Å². The maximum absolute atomic E-state index is 11.4. The van der Waals surface area contributed by atoms with E-state index in [2.05, 4.69) is 10.6 Å². The van der Waals surface area contributed by atoms with Crippen LogP contribution in [0.1, 0.15) is 39.5 Å². The van der Waals surface area contributed by atoms with Gasteiger partial charge in [-0.2, -0.15) is 0 Å². The van der Waals surface area contributed by atoms with E-state index in [0.29, 0.717) is 18.6 Å². The van der Waals surface area contributed by atoms with E-state index in [1.54, 1.807) is 7.11 Å². The highest BCUT2D eigenvalue weighted by Gasteiger charge is 2.23. The molecule has 4 heteroatoms. The second-order valence-electron chi connectivity index (χ2n) is 4.79. The summed E-state index contributed by atoms with van der Waals surface area (Å²) in [7, 11) is 1.77. The fraction of sp³-hybridized carbons (Fsp3) is 0.917. The first-order chi connectivity index (χ1) is 7.61. The molecule has 0 saturated heterocycles. The van der Waals surface area contributed by atoms with Crippen molar-refractivity contribution in [1.82, 2.24) is 10.6 Å². The van der Waals surface area contributed by atoms with E-state index < -0.39 is 0 Å². The third-order valence-electron chi connectivity index (χ3n) is 2.95. The maximum Gasteiger partial charge on any atom is 0.221 e. The minimum absolute atomic E-state index is 0.129. The molecule has 2 unspecified atom stereocenters. The summed E-state index contributed by atoms with van der Waals surface area (Å²) in [5, 5.41) is 6.29. The summed E-state index contributed by atoms with van der Waals surface area (Å²) in [6.07, 6.45) is 4.33. The molecule has 1 fully saturated rings. The quantitative estimate of drug-likeness (QED) is 0.714. The summed E-state index contributed by atoms with van der Waals surface area (Å²) in [5.41, 5.74) is 0. The standard InChI is InChI=1S/C12H24N2O2/c1-9(2)14-12(15)6-7-13-10-4-5-11(8-10)16-3/h9-11,13H,4-8H2,1-3H3,(H,14,15). The molecule has 0 aliphatic heterocycles. The summed E-state index contributed by atoms with van der Waals surface area (Å²) in [6, 6.07) is 0.758. The number of hydrogen-bond acceptors (Lipinski definition) is 3. The van der Waals surface area contributed by atoms with Crippen LogP contribution < -0.4 is 10.6 Å². The Hall–Kier alpha value is -0.610. The lowest BCUT2D eigenvalue weighted by Crippen LogP contribution is -2.35. The summed E-state index contributed by atoms with van der Waals surface area (Å²) in [4.78, 5) is 11.4. The predicted molar refractivity (Wildman–Crippen MR) is 64.3 cm³/mol. The van der Waals surface area contributed by atoms with E-state index in [4.69, 9.17) is 4.74 Å². The molecule has 1 rings (SSSR count). The van der Waals surface area contributed by atoms with Crippen LogP contribution in [-0.2, 0) is 9.53 Å². The Bertz CT molecular complexity index is 219. The van der Waals surface area contributed by atoms with Gasteiger partial charge >= 0.3 is 0 Å². The topological polar surface area (TPSA) is 50.4 Å². The third-order valence-corrected chi connectivity index (χ3v) is 2.95. The molecule has 2 atom stereocenters. The van der Waals surface area contributed by atoms with Crippen molar-refractivity contribution in [2.24, 2.45) is 0 Å². The second-order valence-corrected chi connectivity index (χ2v) is 4.79. The molecule has 1 aliphatic carbocycles. The third kappa shape index (κ3) is 4.94. The zero-order valence-corrected chi connectivity index (χ0v) is 10.6. The van der Waals surface area contributed by atoms with E-state index in [-0.39, 0.29) is 11.9 Å². The molecule has 0 spiro atoms. The second kappa shape index (κ2) is 6.86. The van der Waals surface area contributed by atoms with Crippen LogP contribution in [0.5, 0.6) is 0 Å². The van der Waals surface area contributed by atoms with Gasteiger partial charge in [0.05, 0.1) is 6.10 Å². The van der Waals surface area contributed by atoms with E-state index in [0.717, 1.165) is 25.8 Å². The first kappa shape index (κ1) is 13.5. The zero-order chi connectivity index (χ0) is 12.0. The number of rotatable bonds is 6. The molecule has 1 aliphatic rings. The SMILES string of the molecule is COC1CCC(NCCC(=O)NC(C)C)C1. The molecule has 0 aromatic heterocycles. The van der Waals surface area contributed by atoms with Gasteiger partial charge < -0.3 is 15.4 Å². The maximum atomic E-state index is 11.4. The van der Waals surface area contributed by atoms with Crippen LogP contribution in [0.25, 0.3) is 0 Å². The molecule has 0 aromatic carbocycles. The average Bonchev–Trinajstić information content (AvgIpc) is 2.64. The highest BCUT2D eigenvalue weighted by molar-refractivity contribution is 5.76. The summed E-state index contributed by atoms with van der Waals surface area (Å²) >= 11 is 0. The number of carbonyl (C=O) groups is 1. The van der Waals surface area contributed by atoms with Gasteiger partial charge in [0, 0.05) is 32.2 Å². The Labute approximate surface area is 98.1 Å². The highest BCUT2D eigenvalue weighted by Crippen LogP contribution is 2.21. The van der Waals surface area contributed by atoms with Crippen molar-refractivity contribution in [3.8, 4) is 0 Å². The van der Waals surface area contributed by atoms with Crippen LogP contribution >= 0.6 is 0 Å². The summed E-state index contributed by atoms with van der Waals surface area (Å²) < 4.78 is 5.30. The number of carbonyl (C=O) groups excluding carboxylic acids is 1. The smallest absolute Gasteiger partial charge is 0.221 e. The molecule has 4 nitrogen and oxygen atoms in total. The molecule has 0 bridgehead atoms. The Kier molecular flexibility index (Phi) is 5.77. The van der Waals surface area contributed by atoms with Crippen LogP contribution in [0.3, 0.4) is 0 Å². The van der Waals surface area contributed by atoms with Gasteiger partial charge in [-0.3, -0.25) is 4.79 Å². The van der Waals surface area contributed by atoms with Gasteiger partial charge in [0.15, 0.2) is 0 Å². The molecular weight excluding hydrogens is 204 g/mol. The zero-order valence-electron chi connectivity index (χ0n) is 10.6. The van der Waals surface area contributed by atoms with Gasteiger partial charge in [-0.1, -0.05) is 0 Å². The monoisotopic (exact) mass is 228 g/mol. The molecule has 94 valence electrons. The van der Waals surface area contributed by atoms with Crippen LogP contribution in [0.4, 0.5) is 0 Å². The first-order valence-corrected chi connectivity index (χ1v) is 6.17. The largest absolute Gasteiger partial charge is 0.381 e. The van der Waals surface area contributed by atoms with Crippen molar-refractivity contribution in [2.75, 3.05) is 13.7 Å². The Morgan fingerprint density at radius 2 is 2.19 bits per heavy atom. The Morgan fingerprint density at radius 3 is 2.75 bits per heavy atom. The van der Waals surface area contributed by atoms with E-state index in [9.17, 15) is 4.79 Å². The lowest BCUT2D eigenvalue weighted by atomic mass is 10.2. The van der Waals surface area contributed by atoms with Gasteiger partial charge in [0.1, 0.15) is 0 Å². The lowest BCUT2D eigenvalue weighted by Gasteiger charge is -2.13. The van der Waals surface area contributed by atoms with Gasteiger partial charge in [-0.15, -0.1) is 0 Å². The molecule has 0 radical (unpaired) electrons. The van der Waals surface area contributed by atoms with E-state index >= 15 is 0 Å². The Morgan fingerprint density at radius 1 is 1.44 bits per heavy atom. The number of ether oxygens (including phenoxy) is 1. The fourth-order valence-corrected chi connectivity index (χ4v) is 2.12. The van der Waals surface area contributed by atoms with Crippen molar-refractivity contribution in [3.05, 3.63) is 0 Å². The molecule has 16 heavy (non-hydrogen) atoms. The van der Waals surface area contributed by atoms with E-state index in [1.165, 1.54) is 0 Å². The summed E-state index contributed by atoms with van der Waals surface area (Å²) in [6.45, 7) is 4.72. The lowest BCUT2D eigenvalue weighted by molar-refractivity contribution is -0.121. The van der Waals surface area contributed by atoms with Crippen LogP contribution in [0.15, 0.2) is 0 Å². The molecular formula is C12H24N2O2. The number of hydrogen-bond donors (Lipinski definition) is 2. The average molecular weight is 228 g/mol. The minimum atomic E-state index is 0.129. The Balaban J connectivity index is 2.05. The molecule has 1 saturated carbocycles. The minimum Gasteiger partial charge on any atom is -0.381 e. The van der Waals surface area contributed by atoms with E-state index in [1.807, 2.05) is 13.8 Å². The van der Waals surface area contributed by atoms with Crippen LogP contribution in [0, 0.1) is 0 Å². The summed E-state index contributed by atoms with van der Waals surface area (Å²) in [5.74, 6) is 0.129. The molecule has 0 heterocycles. The van der Waals surface area contributed by atoms with Crippen molar-refractivity contribution in [3.63, 3.8) is 0 Å². The number of nitrogens with one attached hydrogen (secondary N) is 2. The van der Waals surface area contributed by atoms with Crippen molar-refractivity contribution in [2.45, 2.75) is 57.7 Å². The fourth-order valence-electron chi connectivity index (χ4n) is 2.12. The highest BCUT2D eigenvalue weighted by atomic mass is 16.5. The predicted octanol–water partition coefficient (Wildman–Crippen LogP) is 1.06. The number of methoxy groups -OCH3 is 1. The normalized spacial score (nSPS) is 25.0. The van der Waals surface area contributed by atoms with Crippen LogP contribution in [0.2, 0.25) is 0 Å². The van der Waals surface area contributed by atoms with Gasteiger partial charge in [-0.25, -0.2) is 0 Å². The first-order valence-electron chi connectivity index (χ1n) is 6.17. The number of amides is 1. The van der Waals surface area contributed by atoms with Crippen LogP contribution in [-0.4, -0.2) is 37.7 Å². The van der Waals surface area contributed by atoms with Gasteiger partial charge in [-0.05, 0) is 33.1 Å². The van der Waals surface area contributed by atoms with Crippen molar-refractivity contribution in [1.29, 1.82) is 0 Å². The van der Waals surface area contributed by atoms with Crippen molar-refractivity contribution >= 4 is 5.91 Å². The van der Waals surface area contributed by atoms with Gasteiger partial charge in [0.25, 0.3) is 0 Å².